The van der Waals surface area contributed by atoms with Crippen LogP contribution in [0.3, 0.4) is 0 Å². The van der Waals surface area contributed by atoms with E-state index in [0.717, 1.165) is 29.8 Å². The lowest BCUT2D eigenvalue weighted by atomic mass is 9.88. The van der Waals surface area contributed by atoms with Crippen molar-refractivity contribution in [1.82, 2.24) is 10.3 Å². The van der Waals surface area contributed by atoms with Crippen LogP contribution >= 0.6 is 0 Å². The van der Waals surface area contributed by atoms with Gasteiger partial charge in [0.15, 0.2) is 6.29 Å². The maximum atomic E-state index is 12.3. The quantitative estimate of drug-likeness (QED) is 0.707. The third-order valence-electron chi connectivity index (χ3n) is 4.59. The van der Waals surface area contributed by atoms with Crippen LogP contribution in [-0.2, 0) is 12.8 Å². The van der Waals surface area contributed by atoms with Gasteiger partial charge in [-0.05, 0) is 30.0 Å². The molecule has 1 aliphatic rings. The number of hydrogen-bond donors (Lipinski definition) is 3. The minimum Gasteiger partial charge on any atom is -0.384 e. The highest BCUT2D eigenvalue weighted by atomic mass is 16.2. The number of fused-ring (bicyclic) bond motifs is 1. The number of primary amides is 1. The van der Waals surface area contributed by atoms with Gasteiger partial charge in [0.05, 0.1) is 11.1 Å². The van der Waals surface area contributed by atoms with Crippen molar-refractivity contribution in [3.8, 4) is 11.1 Å². The summed E-state index contributed by atoms with van der Waals surface area (Å²) >= 11 is 0. The molecule has 7 nitrogen and oxygen atoms in total. The molecular weight excluding hydrogens is 332 g/mol. The van der Waals surface area contributed by atoms with Crippen molar-refractivity contribution in [2.75, 3.05) is 18.9 Å². The molecular formula is C19H20N4O3. The zero-order chi connectivity index (χ0) is 18.8. The van der Waals surface area contributed by atoms with Gasteiger partial charge in [0.25, 0.3) is 5.91 Å². The molecule has 0 radical (unpaired) electrons. The van der Waals surface area contributed by atoms with Crippen molar-refractivity contribution in [3.05, 3.63) is 46.3 Å². The largest absolute Gasteiger partial charge is 0.384 e. The van der Waals surface area contributed by atoms with E-state index in [1.54, 1.807) is 0 Å². The molecule has 2 aromatic rings. The van der Waals surface area contributed by atoms with Crippen molar-refractivity contribution >= 4 is 23.8 Å². The Kier molecular flexibility index (Phi) is 4.71. The second kappa shape index (κ2) is 6.95. The Hall–Kier alpha value is -3.22. The fraction of sp³-hybridized carbons (Fsp3) is 0.263. The van der Waals surface area contributed by atoms with Crippen LogP contribution in [0.15, 0.2) is 18.2 Å². The molecule has 1 aromatic heterocycles. The first-order valence-electron chi connectivity index (χ1n) is 8.43. The van der Waals surface area contributed by atoms with Crippen LogP contribution in [0.25, 0.3) is 11.1 Å². The Balaban J connectivity index is 2.42. The van der Waals surface area contributed by atoms with E-state index < -0.39 is 11.8 Å². The summed E-state index contributed by atoms with van der Waals surface area (Å²) in [6.45, 7) is 2.68. The van der Waals surface area contributed by atoms with Gasteiger partial charge >= 0.3 is 0 Å². The number of carbonyl (C=O) groups excluding carboxylic acids is 3. The second-order valence-corrected chi connectivity index (χ2v) is 5.99. The monoisotopic (exact) mass is 352 g/mol. The van der Waals surface area contributed by atoms with Crippen molar-refractivity contribution in [1.29, 1.82) is 0 Å². The molecule has 0 fully saturated rings. The first-order chi connectivity index (χ1) is 12.5. The van der Waals surface area contributed by atoms with Crippen LogP contribution in [0.2, 0.25) is 0 Å². The van der Waals surface area contributed by atoms with E-state index in [-0.39, 0.29) is 16.8 Å². The number of pyridine rings is 1. The van der Waals surface area contributed by atoms with Gasteiger partial charge in [-0.2, -0.15) is 0 Å². The molecule has 134 valence electrons. The number of aryl methyl sites for hydroxylation is 1. The molecule has 2 amide bonds. The van der Waals surface area contributed by atoms with Gasteiger partial charge in [-0.1, -0.05) is 19.1 Å². The van der Waals surface area contributed by atoms with Crippen LogP contribution in [0.5, 0.6) is 0 Å². The number of anilines is 1. The van der Waals surface area contributed by atoms with Gasteiger partial charge in [-0.15, -0.1) is 0 Å². The number of nitrogens with zero attached hydrogens (tertiary/aromatic N) is 1. The summed E-state index contributed by atoms with van der Waals surface area (Å²) in [6, 6.07) is 5.74. The maximum Gasteiger partial charge on any atom is 0.270 e. The first-order valence-corrected chi connectivity index (χ1v) is 8.43. The Morgan fingerprint density at radius 3 is 2.77 bits per heavy atom. The highest BCUT2D eigenvalue weighted by molar-refractivity contribution is 6.12. The van der Waals surface area contributed by atoms with Crippen LogP contribution in [0.1, 0.15) is 49.4 Å². The number of hydrogen-bond acceptors (Lipinski definition) is 5. The number of carbonyl (C=O) groups is 3. The molecule has 3 rings (SSSR count). The lowest BCUT2D eigenvalue weighted by Gasteiger charge is -2.18. The van der Waals surface area contributed by atoms with Crippen LogP contribution < -0.4 is 16.4 Å². The van der Waals surface area contributed by atoms with E-state index >= 15 is 0 Å². The summed E-state index contributed by atoms with van der Waals surface area (Å²) in [5.74, 6) is -1.29. The summed E-state index contributed by atoms with van der Waals surface area (Å²) in [6.07, 6.45) is 1.75. The highest BCUT2D eigenvalue weighted by Crippen LogP contribution is 2.37. The van der Waals surface area contributed by atoms with Gasteiger partial charge in [-0.3, -0.25) is 14.4 Å². The van der Waals surface area contributed by atoms with Gasteiger partial charge in [-0.25, -0.2) is 4.98 Å². The number of amides is 2. The lowest BCUT2D eigenvalue weighted by molar-refractivity contribution is 0.0951. The number of rotatable bonds is 5. The van der Waals surface area contributed by atoms with Crippen molar-refractivity contribution < 1.29 is 14.4 Å². The van der Waals surface area contributed by atoms with Crippen molar-refractivity contribution in [2.45, 2.75) is 19.8 Å². The zero-order valence-electron chi connectivity index (χ0n) is 14.7. The number of nitrogens with two attached hydrogens (primary N) is 1. The molecule has 2 heterocycles. The molecule has 0 atom stereocenters. The fourth-order valence-electron chi connectivity index (χ4n) is 3.43. The summed E-state index contributed by atoms with van der Waals surface area (Å²) in [5, 5.41) is 5.75. The molecule has 1 aromatic carbocycles. The number of aromatic nitrogens is 1. The van der Waals surface area contributed by atoms with E-state index in [1.165, 1.54) is 7.05 Å². The van der Waals surface area contributed by atoms with E-state index in [2.05, 4.69) is 15.6 Å². The van der Waals surface area contributed by atoms with Crippen molar-refractivity contribution in [3.63, 3.8) is 0 Å². The molecule has 0 saturated carbocycles. The maximum absolute atomic E-state index is 12.3. The Morgan fingerprint density at radius 1 is 1.38 bits per heavy atom. The molecule has 1 aliphatic heterocycles. The standard InChI is InChI=1S/C19H20N4O3/c1-3-13-15(11-5-4-6-14-10(11)7-8-22-14)16(18(20)25)12(9-24)17(23-13)19(26)21-2/h4-6,9,22H,3,7-8H2,1-2H3,(H2,20,25)(H,21,26). The summed E-state index contributed by atoms with van der Waals surface area (Å²) < 4.78 is 0. The molecule has 0 aliphatic carbocycles. The predicted octanol–water partition coefficient (Wildman–Crippen LogP) is 1.55. The smallest absolute Gasteiger partial charge is 0.270 e. The second-order valence-electron chi connectivity index (χ2n) is 5.99. The molecule has 0 saturated heterocycles. The van der Waals surface area contributed by atoms with E-state index in [9.17, 15) is 14.4 Å². The Bertz CT molecular complexity index is 921. The third kappa shape index (κ3) is 2.71. The zero-order valence-corrected chi connectivity index (χ0v) is 14.7. The van der Waals surface area contributed by atoms with Gasteiger partial charge in [0.2, 0.25) is 5.91 Å². The third-order valence-corrected chi connectivity index (χ3v) is 4.59. The van der Waals surface area contributed by atoms with Crippen molar-refractivity contribution in [2.24, 2.45) is 5.73 Å². The van der Waals surface area contributed by atoms with E-state index in [1.807, 2.05) is 25.1 Å². The van der Waals surface area contributed by atoms with Gasteiger partial charge < -0.3 is 16.4 Å². The van der Waals surface area contributed by atoms with Crippen LogP contribution in [0.4, 0.5) is 5.69 Å². The summed E-state index contributed by atoms with van der Waals surface area (Å²) in [4.78, 5) is 40.6. The van der Waals surface area contributed by atoms with Crippen LogP contribution in [-0.4, -0.2) is 36.7 Å². The van der Waals surface area contributed by atoms with Gasteiger partial charge in [0, 0.05) is 30.5 Å². The molecule has 7 heteroatoms. The number of nitrogens with one attached hydrogen (secondary N) is 2. The van der Waals surface area contributed by atoms with E-state index in [4.69, 9.17) is 5.73 Å². The molecule has 0 unspecified atom stereocenters. The molecule has 26 heavy (non-hydrogen) atoms. The lowest BCUT2D eigenvalue weighted by Crippen LogP contribution is -2.26. The Labute approximate surface area is 151 Å². The fourth-order valence-corrected chi connectivity index (χ4v) is 3.43. The number of benzene rings is 1. The highest BCUT2D eigenvalue weighted by Gasteiger charge is 2.28. The minimum atomic E-state index is -0.757. The van der Waals surface area contributed by atoms with Gasteiger partial charge in [0.1, 0.15) is 5.69 Å². The summed E-state index contributed by atoms with van der Waals surface area (Å²) in [7, 11) is 1.44. The average Bonchev–Trinajstić information content (AvgIpc) is 3.14. The Morgan fingerprint density at radius 2 is 2.15 bits per heavy atom. The summed E-state index contributed by atoms with van der Waals surface area (Å²) in [5.41, 5.74) is 9.48. The first kappa shape index (κ1) is 17.6. The molecule has 4 N–H and O–H groups in total. The SMILES string of the molecule is CCc1nc(C(=O)NC)c(C=O)c(C(N)=O)c1-c1cccc2c1CCN2. The molecule has 0 spiro atoms. The topological polar surface area (TPSA) is 114 Å². The normalized spacial score (nSPS) is 12.2. The minimum absolute atomic E-state index is 0.0470. The van der Waals surface area contributed by atoms with Crippen LogP contribution in [0, 0.1) is 0 Å². The molecule has 0 bridgehead atoms. The van der Waals surface area contributed by atoms with E-state index in [0.29, 0.717) is 24.0 Å². The average molecular weight is 352 g/mol. The predicted molar refractivity (Wildman–Crippen MR) is 98.5 cm³/mol. The number of aldehydes is 1.